The molecule has 2 aromatic rings. The number of aryl methyl sites for hydroxylation is 1. The highest BCUT2D eigenvalue weighted by Gasteiger charge is 2.36. The molecule has 0 bridgehead atoms. The van der Waals surface area contributed by atoms with Crippen LogP contribution in [0.1, 0.15) is 34.8 Å². The minimum absolute atomic E-state index is 0.187. The predicted octanol–water partition coefficient (Wildman–Crippen LogP) is 1.68. The third-order valence-corrected chi connectivity index (χ3v) is 4.64. The Kier molecular flexibility index (Phi) is 4.94. The van der Waals surface area contributed by atoms with E-state index in [-0.39, 0.29) is 24.0 Å². The number of hydrogen-bond acceptors (Lipinski definition) is 5. The van der Waals surface area contributed by atoms with Gasteiger partial charge in [-0.1, -0.05) is 0 Å². The van der Waals surface area contributed by atoms with Gasteiger partial charge in [-0.15, -0.1) is 0 Å². The number of carbonyl (C=O) groups excluding carboxylic acids is 1. The molecule has 134 valence electrons. The summed E-state index contributed by atoms with van der Waals surface area (Å²) in [7, 11) is 4.92. The summed E-state index contributed by atoms with van der Waals surface area (Å²) in [5.41, 5.74) is 1.37. The number of benzene rings is 1. The number of aromatic nitrogens is 2. The van der Waals surface area contributed by atoms with Gasteiger partial charge < -0.3 is 19.9 Å². The molecule has 1 atom stereocenters. The lowest BCUT2D eigenvalue weighted by atomic mass is 9.75. The largest absolute Gasteiger partial charge is 0.497 e. The number of hydrogen-bond donors (Lipinski definition) is 2. The van der Waals surface area contributed by atoms with Crippen molar-refractivity contribution < 1.29 is 19.4 Å². The molecule has 1 saturated carbocycles. The second-order valence-corrected chi connectivity index (χ2v) is 6.35. The van der Waals surface area contributed by atoms with E-state index >= 15 is 0 Å². The van der Waals surface area contributed by atoms with Gasteiger partial charge in [-0.3, -0.25) is 9.48 Å². The Morgan fingerprint density at radius 2 is 2.12 bits per heavy atom. The fraction of sp³-hybridized carbons (Fsp3) is 0.444. The van der Waals surface area contributed by atoms with E-state index in [4.69, 9.17) is 9.47 Å². The Morgan fingerprint density at radius 1 is 1.36 bits per heavy atom. The standard InChI is InChI=1S/C18H23N3O4/c1-21-10-12(9-19-21)17(11-6-13(22)7-11)20-18(23)15-5-4-14(24-2)8-16(15)25-3/h4-5,8-11,13,17,22H,6-7H2,1-3H3,(H,20,23). The maximum absolute atomic E-state index is 12.8. The minimum Gasteiger partial charge on any atom is -0.497 e. The van der Waals surface area contributed by atoms with Crippen molar-refractivity contribution in [1.29, 1.82) is 0 Å². The highest BCUT2D eigenvalue weighted by atomic mass is 16.5. The van der Waals surface area contributed by atoms with E-state index in [0.717, 1.165) is 5.56 Å². The van der Waals surface area contributed by atoms with Crippen molar-refractivity contribution in [2.45, 2.75) is 25.0 Å². The van der Waals surface area contributed by atoms with Crippen molar-refractivity contribution in [1.82, 2.24) is 15.1 Å². The zero-order valence-electron chi connectivity index (χ0n) is 14.6. The lowest BCUT2D eigenvalue weighted by Crippen LogP contribution is -2.41. The number of nitrogens with one attached hydrogen (secondary N) is 1. The first kappa shape index (κ1) is 17.3. The third-order valence-electron chi connectivity index (χ3n) is 4.64. The lowest BCUT2D eigenvalue weighted by molar-refractivity contribution is 0.0235. The average Bonchev–Trinajstić information content (AvgIpc) is 3.02. The summed E-state index contributed by atoms with van der Waals surface area (Å²) in [5, 5.41) is 16.9. The molecule has 2 N–H and O–H groups in total. The Bertz CT molecular complexity index is 753. The number of aliphatic hydroxyl groups is 1. The van der Waals surface area contributed by atoms with E-state index in [1.54, 1.807) is 36.2 Å². The van der Waals surface area contributed by atoms with Crippen LogP contribution in [0.4, 0.5) is 0 Å². The first-order valence-electron chi connectivity index (χ1n) is 8.21. The SMILES string of the molecule is COc1ccc(C(=O)NC(c2cnn(C)c2)C2CC(O)C2)c(OC)c1. The molecule has 7 heteroatoms. The van der Waals surface area contributed by atoms with Gasteiger partial charge in [0.25, 0.3) is 5.91 Å². The van der Waals surface area contributed by atoms with Gasteiger partial charge in [-0.25, -0.2) is 0 Å². The van der Waals surface area contributed by atoms with Crippen LogP contribution in [-0.2, 0) is 7.05 Å². The zero-order chi connectivity index (χ0) is 18.0. The van der Waals surface area contributed by atoms with Gasteiger partial charge in [0, 0.05) is 24.9 Å². The number of carbonyl (C=O) groups is 1. The zero-order valence-corrected chi connectivity index (χ0v) is 14.6. The van der Waals surface area contributed by atoms with Crippen LogP contribution in [0.3, 0.4) is 0 Å². The van der Waals surface area contributed by atoms with Gasteiger partial charge in [0.2, 0.25) is 0 Å². The van der Waals surface area contributed by atoms with E-state index in [9.17, 15) is 9.90 Å². The fourth-order valence-corrected chi connectivity index (χ4v) is 3.18. The molecule has 25 heavy (non-hydrogen) atoms. The summed E-state index contributed by atoms with van der Waals surface area (Å²) in [6, 6.07) is 4.89. The van der Waals surface area contributed by atoms with E-state index in [2.05, 4.69) is 10.4 Å². The molecule has 0 radical (unpaired) electrons. The molecule has 1 aromatic heterocycles. The maximum Gasteiger partial charge on any atom is 0.255 e. The van der Waals surface area contributed by atoms with Crippen molar-refractivity contribution in [3.8, 4) is 11.5 Å². The second-order valence-electron chi connectivity index (χ2n) is 6.35. The Hall–Kier alpha value is -2.54. The minimum atomic E-state index is -0.295. The van der Waals surface area contributed by atoms with Crippen LogP contribution in [0.5, 0.6) is 11.5 Å². The van der Waals surface area contributed by atoms with Crippen LogP contribution in [0.15, 0.2) is 30.6 Å². The van der Waals surface area contributed by atoms with Gasteiger partial charge in [-0.05, 0) is 30.9 Å². The van der Waals surface area contributed by atoms with E-state index < -0.39 is 0 Å². The molecule has 0 spiro atoms. The predicted molar refractivity (Wildman–Crippen MR) is 91.7 cm³/mol. The Labute approximate surface area is 146 Å². The molecule has 0 saturated heterocycles. The van der Waals surface area contributed by atoms with Crippen molar-refractivity contribution in [2.24, 2.45) is 13.0 Å². The number of methoxy groups -OCH3 is 2. The molecule has 7 nitrogen and oxygen atoms in total. The smallest absolute Gasteiger partial charge is 0.255 e. The van der Waals surface area contributed by atoms with Crippen molar-refractivity contribution in [3.63, 3.8) is 0 Å². The number of nitrogens with zero attached hydrogens (tertiary/aromatic N) is 2. The highest BCUT2D eigenvalue weighted by molar-refractivity contribution is 5.97. The van der Waals surface area contributed by atoms with Crippen LogP contribution >= 0.6 is 0 Å². The topological polar surface area (TPSA) is 85.6 Å². The van der Waals surface area contributed by atoms with Crippen LogP contribution < -0.4 is 14.8 Å². The van der Waals surface area contributed by atoms with Crippen LogP contribution in [0, 0.1) is 5.92 Å². The summed E-state index contributed by atoms with van der Waals surface area (Å²) >= 11 is 0. The molecule has 1 aliphatic rings. The monoisotopic (exact) mass is 345 g/mol. The summed E-state index contributed by atoms with van der Waals surface area (Å²) < 4.78 is 12.2. The molecular weight excluding hydrogens is 322 g/mol. The number of aliphatic hydroxyl groups excluding tert-OH is 1. The molecule has 1 unspecified atom stereocenters. The van der Waals surface area contributed by atoms with E-state index in [1.165, 1.54) is 7.11 Å². The molecule has 3 rings (SSSR count). The van der Waals surface area contributed by atoms with Gasteiger partial charge in [0.1, 0.15) is 11.5 Å². The van der Waals surface area contributed by atoms with Gasteiger partial charge in [0.15, 0.2) is 0 Å². The van der Waals surface area contributed by atoms with Crippen molar-refractivity contribution in [3.05, 3.63) is 41.7 Å². The van der Waals surface area contributed by atoms with Crippen LogP contribution in [-0.4, -0.2) is 41.1 Å². The summed E-state index contributed by atoms with van der Waals surface area (Å²) in [4.78, 5) is 12.8. The van der Waals surface area contributed by atoms with Gasteiger partial charge in [0.05, 0.1) is 38.1 Å². The summed E-state index contributed by atoms with van der Waals surface area (Å²) in [6.07, 6.45) is 4.68. The average molecular weight is 345 g/mol. The number of ether oxygens (including phenoxy) is 2. The molecular formula is C18H23N3O4. The second kappa shape index (κ2) is 7.14. The van der Waals surface area contributed by atoms with Gasteiger partial charge in [-0.2, -0.15) is 5.10 Å². The van der Waals surface area contributed by atoms with Crippen molar-refractivity contribution >= 4 is 5.91 Å². The summed E-state index contributed by atoms with van der Waals surface area (Å²) in [5.74, 6) is 1.04. The van der Waals surface area contributed by atoms with E-state index in [0.29, 0.717) is 29.9 Å². The Balaban J connectivity index is 1.83. The van der Waals surface area contributed by atoms with Crippen molar-refractivity contribution in [2.75, 3.05) is 14.2 Å². The van der Waals surface area contributed by atoms with E-state index in [1.807, 2.05) is 13.2 Å². The lowest BCUT2D eigenvalue weighted by Gasteiger charge is -2.37. The third kappa shape index (κ3) is 3.61. The Morgan fingerprint density at radius 3 is 2.68 bits per heavy atom. The number of rotatable bonds is 6. The first-order chi connectivity index (χ1) is 12.0. The highest BCUT2D eigenvalue weighted by Crippen LogP contribution is 2.38. The fourth-order valence-electron chi connectivity index (χ4n) is 3.18. The van der Waals surface area contributed by atoms with Crippen LogP contribution in [0.25, 0.3) is 0 Å². The molecule has 0 aliphatic heterocycles. The maximum atomic E-state index is 12.8. The molecule has 1 heterocycles. The normalized spacial score (nSPS) is 20.5. The first-order valence-corrected chi connectivity index (χ1v) is 8.21. The molecule has 1 aromatic carbocycles. The summed E-state index contributed by atoms with van der Waals surface area (Å²) in [6.45, 7) is 0. The van der Waals surface area contributed by atoms with Gasteiger partial charge >= 0.3 is 0 Å². The molecule has 1 aliphatic carbocycles. The number of amides is 1. The quantitative estimate of drug-likeness (QED) is 0.832. The molecule has 1 fully saturated rings. The van der Waals surface area contributed by atoms with Crippen LogP contribution in [0.2, 0.25) is 0 Å². The molecule has 1 amide bonds.